The van der Waals surface area contributed by atoms with Gasteiger partial charge in [-0.2, -0.15) is 0 Å². The molecule has 0 fully saturated rings. The molecule has 0 bridgehead atoms. The molecule has 0 aliphatic carbocycles. The van der Waals surface area contributed by atoms with Crippen LogP contribution in [-0.2, 0) is 0 Å². The summed E-state index contributed by atoms with van der Waals surface area (Å²) >= 11 is 0. The van der Waals surface area contributed by atoms with Gasteiger partial charge in [0.15, 0.2) is 0 Å². The van der Waals surface area contributed by atoms with Crippen LogP contribution in [0.15, 0.2) is 18.2 Å². The van der Waals surface area contributed by atoms with E-state index in [4.69, 9.17) is 11.5 Å². The number of hydrogen-bond donors (Lipinski definition) is 3. The van der Waals surface area contributed by atoms with Crippen LogP contribution in [0, 0.1) is 18.2 Å². The Morgan fingerprint density at radius 2 is 2.05 bits per heavy atom. The average Bonchev–Trinajstić information content (AvgIpc) is 2.27. The first-order chi connectivity index (χ1) is 8.76. The van der Waals surface area contributed by atoms with Crippen molar-refractivity contribution in [1.82, 2.24) is 5.32 Å². The van der Waals surface area contributed by atoms with Gasteiger partial charge in [0.2, 0.25) is 0 Å². The number of hydrogen-bond acceptors (Lipinski definition) is 2. The van der Waals surface area contributed by atoms with Crippen molar-refractivity contribution in [3.8, 4) is 12.3 Å². The minimum Gasteiger partial charge on any atom is -0.478 e. The van der Waals surface area contributed by atoms with Gasteiger partial charge in [-0.05, 0) is 26.0 Å². The number of urea groups is 1. The number of carbonyl (C=O) groups excluding carboxylic acids is 1. The van der Waals surface area contributed by atoms with Crippen LogP contribution in [0.5, 0.6) is 0 Å². The Balaban J connectivity index is 2.96. The zero-order valence-electron chi connectivity index (χ0n) is 10.5. The van der Waals surface area contributed by atoms with E-state index in [0.717, 1.165) is 6.07 Å². The molecule has 6 heteroatoms. The first-order valence-electron chi connectivity index (χ1n) is 5.35. The molecule has 1 rings (SSSR count). The van der Waals surface area contributed by atoms with Crippen LogP contribution < -0.4 is 10.6 Å². The summed E-state index contributed by atoms with van der Waals surface area (Å²) in [4.78, 5) is 22.6. The van der Waals surface area contributed by atoms with E-state index in [9.17, 15) is 14.0 Å². The smallest absolute Gasteiger partial charge is 0.340 e. The van der Waals surface area contributed by atoms with Crippen molar-refractivity contribution in [2.45, 2.75) is 19.4 Å². The van der Waals surface area contributed by atoms with Crippen molar-refractivity contribution in [1.29, 1.82) is 0 Å². The van der Waals surface area contributed by atoms with E-state index >= 15 is 0 Å². The minimum atomic E-state index is -1.47. The number of halogens is 1. The molecule has 0 heterocycles. The minimum absolute atomic E-state index is 0.141. The summed E-state index contributed by atoms with van der Waals surface area (Å²) in [6, 6.07) is 2.87. The quantitative estimate of drug-likeness (QED) is 0.731. The molecule has 0 saturated heterocycles. The Bertz CT molecular complexity index is 561. The summed E-state index contributed by atoms with van der Waals surface area (Å²) in [5.41, 5.74) is -1.64. The molecular formula is C13H13FN2O3. The van der Waals surface area contributed by atoms with Gasteiger partial charge in [-0.1, -0.05) is 12.0 Å². The molecule has 0 radical (unpaired) electrons. The zero-order valence-corrected chi connectivity index (χ0v) is 10.5. The number of carboxylic acids is 1. The fourth-order valence-corrected chi connectivity index (χ4v) is 1.32. The van der Waals surface area contributed by atoms with E-state index in [0.29, 0.717) is 0 Å². The Kier molecular flexibility index (Phi) is 4.12. The lowest BCUT2D eigenvalue weighted by Crippen LogP contribution is -2.44. The first-order valence-corrected chi connectivity index (χ1v) is 5.35. The molecule has 5 nitrogen and oxygen atoms in total. The summed E-state index contributed by atoms with van der Waals surface area (Å²) in [7, 11) is 0. The number of amides is 2. The molecule has 0 saturated carbocycles. The summed E-state index contributed by atoms with van der Waals surface area (Å²) in [6.07, 6.45) is 5.20. The van der Waals surface area contributed by atoms with Crippen molar-refractivity contribution in [2.75, 3.05) is 5.32 Å². The van der Waals surface area contributed by atoms with E-state index in [2.05, 4.69) is 16.6 Å². The molecule has 0 unspecified atom stereocenters. The van der Waals surface area contributed by atoms with E-state index < -0.39 is 28.9 Å². The van der Waals surface area contributed by atoms with Crippen molar-refractivity contribution in [3.05, 3.63) is 29.6 Å². The lowest BCUT2D eigenvalue weighted by atomic mass is 10.1. The van der Waals surface area contributed by atoms with E-state index in [1.165, 1.54) is 12.1 Å². The third-order valence-corrected chi connectivity index (χ3v) is 2.26. The van der Waals surface area contributed by atoms with Crippen LogP contribution in [0.2, 0.25) is 0 Å². The van der Waals surface area contributed by atoms with Crippen LogP contribution in [0.3, 0.4) is 0 Å². The van der Waals surface area contributed by atoms with Crippen molar-refractivity contribution in [2.24, 2.45) is 0 Å². The average molecular weight is 264 g/mol. The maximum Gasteiger partial charge on any atom is 0.340 e. The number of carbonyl (C=O) groups is 2. The van der Waals surface area contributed by atoms with Crippen LogP contribution in [0.4, 0.5) is 14.9 Å². The second-order valence-corrected chi connectivity index (χ2v) is 4.32. The Morgan fingerprint density at radius 3 is 2.58 bits per heavy atom. The van der Waals surface area contributed by atoms with Crippen LogP contribution in [0.1, 0.15) is 24.2 Å². The van der Waals surface area contributed by atoms with Gasteiger partial charge in [-0.15, -0.1) is 6.42 Å². The molecule has 100 valence electrons. The van der Waals surface area contributed by atoms with E-state index in [1.54, 1.807) is 13.8 Å². The molecule has 0 spiro atoms. The largest absolute Gasteiger partial charge is 0.478 e. The Labute approximate surface area is 109 Å². The predicted molar refractivity (Wildman–Crippen MR) is 68.4 cm³/mol. The van der Waals surface area contributed by atoms with Crippen molar-refractivity contribution < 1.29 is 19.1 Å². The van der Waals surface area contributed by atoms with Gasteiger partial charge >= 0.3 is 12.0 Å². The maximum atomic E-state index is 13.4. The number of nitrogens with one attached hydrogen (secondary N) is 2. The number of terminal acetylenes is 1. The summed E-state index contributed by atoms with van der Waals surface area (Å²) in [5.74, 6) is -0.0527. The van der Waals surface area contributed by atoms with Crippen LogP contribution in [-0.4, -0.2) is 22.6 Å². The van der Waals surface area contributed by atoms with Gasteiger partial charge < -0.3 is 15.7 Å². The highest BCUT2D eigenvalue weighted by atomic mass is 19.1. The fourth-order valence-electron chi connectivity index (χ4n) is 1.32. The van der Waals surface area contributed by atoms with Crippen LogP contribution in [0.25, 0.3) is 0 Å². The highest BCUT2D eigenvalue weighted by Gasteiger charge is 2.20. The lowest BCUT2D eigenvalue weighted by molar-refractivity contribution is 0.0693. The second kappa shape index (κ2) is 5.40. The highest BCUT2D eigenvalue weighted by Crippen LogP contribution is 2.19. The van der Waals surface area contributed by atoms with Crippen molar-refractivity contribution in [3.63, 3.8) is 0 Å². The maximum absolute atomic E-state index is 13.4. The molecule has 19 heavy (non-hydrogen) atoms. The molecular weight excluding hydrogens is 251 g/mol. The number of rotatable bonds is 3. The molecule has 0 aromatic heterocycles. The second-order valence-electron chi connectivity index (χ2n) is 4.32. The number of aromatic carboxylic acids is 1. The Hall–Kier alpha value is -2.55. The highest BCUT2D eigenvalue weighted by molar-refractivity contribution is 6.00. The molecule has 1 aromatic rings. The number of anilines is 1. The van der Waals surface area contributed by atoms with E-state index in [1.807, 2.05) is 0 Å². The summed E-state index contributed by atoms with van der Waals surface area (Å²) < 4.78 is 13.4. The van der Waals surface area contributed by atoms with Gasteiger partial charge in [0.1, 0.15) is 11.4 Å². The summed E-state index contributed by atoms with van der Waals surface area (Å²) in [6.45, 7) is 3.19. The van der Waals surface area contributed by atoms with Gasteiger partial charge in [-0.3, -0.25) is 0 Å². The van der Waals surface area contributed by atoms with Crippen LogP contribution >= 0.6 is 0 Å². The molecule has 0 aliphatic heterocycles. The summed E-state index contributed by atoms with van der Waals surface area (Å²) in [5, 5.41) is 13.6. The van der Waals surface area contributed by atoms with Gasteiger partial charge in [0.05, 0.1) is 11.2 Å². The molecule has 1 aromatic carbocycles. The normalized spacial score (nSPS) is 10.4. The standard InChI is InChI=1S/C13H13FN2O3/c1-4-13(2,3)16-12(19)15-9-7-5-6-8(14)10(9)11(17)18/h1,5-7H,2-3H3,(H,17,18)(H2,15,16,19). The molecule has 0 atom stereocenters. The van der Waals surface area contributed by atoms with Gasteiger partial charge in [-0.25, -0.2) is 14.0 Å². The van der Waals surface area contributed by atoms with Crippen molar-refractivity contribution >= 4 is 17.7 Å². The van der Waals surface area contributed by atoms with Gasteiger partial charge in [0.25, 0.3) is 0 Å². The first kappa shape index (κ1) is 14.5. The lowest BCUT2D eigenvalue weighted by Gasteiger charge is -2.20. The van der Waals surface area contributed by atoms with Gasteiger partial charge in [0, 0.05) is 0 Å². The third kappa shape index (κ3) is 3.71. The molecule has 2 amide bonds. The molecule has 3 N–H and O–H groups in total. The van der Waals surface area contributed by atoms with E-state index in [-0.39, 0.29) is 5.69 Å². The predicted octanol–water partition coefficient (Wildman–Crippen LogP) is 2.06. The monoisotopic (exact) mass is 264 g/mol. The Morgan fingerprint density at radius 1 is 1.42 bits per heavy atom. The fraction of sp³-hybridized carbons (Fsp3) is 0.231. The zero-order chi connectivity index (χ0) is 14.6. The topological polar surface area (TPSA) is 78.4 Å². The SMILES string of the molecule is C#CC(C)(C)NC(=O)Nc1cccc(F)c1C(=O)O. The third-order valence-electron chi connectivity index (χ3n) is 2.26. The number of benzene rings is 1. The number of carboxylic acid groups (broad SMARTS) is 1. The molecule has 0 aliphatic rings.